The zero-order chi connectivity index (χ0) is 17.5. The number of carbonyl (C=O) groups excluding carboxylic acids is 1. The van der Waals surface area contributed by atoms with Crippen LogP contribution in [0.5, 0.6) is 0 Å². The summed E-state index contributed by atoms with van der Waals surface area (Å²) in [7, 11) is 0. The lowest BCUT2D eigenvalue weighted by molar-refractivity contribution is -0.121. The van der Waals surface area contributed by atoms with E-state index in [2.05, 4.69) is 59.6 Å². The summed E-state index contributed by atoms with van der Waals surface area (Å²) in [5, 5.41) is 3.03. The van der Waals surface area contributed by atoms with E-state index in [0.717, 1.165) is 25.1 Å². The van der Waals surface area contributed by atoms with Gasteiger partial charge in [-0.3, -0.25) is 4.79 Å². The highest BCUT2D eigenvalue weighted by Gasteiger charge is 2.10. The second-order valence-corrected chi connectivity index (χ2v) is 7.76. The monoisotopic (exact) mass is 354 g/mol. The lowest BCUT2D eigenvalue weighted by atomic mass is 10.1. The molecule has 0 atom stereocenters. The molecule has 2 aromatic rings. The maximum absolute atomic E-state index is 12.1. The van der Waals surface area contributed by atoms with Gasteiger partial charge < -0.3 is 10.2 Å². The molecule has 0 aliphatic carbocycles. The highest BCUT2D eigenvalue weighted by atomic mass is 32.2. The number of anilines is 1. The van der Waals surface area contributed by atoms with Crippen molar-refractivity contribution in [3.05, 3.63) is 65.2 Å². The standard InChI is InChI=1S/C21H26N2OS/c1-17-3-2-4-18(15-17)7-10-21(24)22-16-19-5-8-20(9-6-19)23-11-13-25-14-12-23/h2-6,8-9,15H,7,10-14,16H2,1H3,(H,22,24). The van der Waals surface area contributed by atoms with Crippen molar-refractivity contribution >= 4 is 23.4 Å². The summed E-state index contributed by atoms with van der Waals surface area (Å²) in [5.41, 5.74) is 4.90. The van der Waals surface area contributed by atoms with Crippen LogP contribution in [0.3, 0.4) is 0 Å². The van der Waals surface area contributed by atoms with Crippen molar-refractivity contribution in [3.8, 4) is 0 Å². The first kappa shape index (κ1) is 17.9. The highest BCUT2D eigenvalue weighted by Crippen LogP contribution is 2.19. The van der Waals surface area contributed by atoms with Crippen LogP contribution in [0.1, 0.15) is 23.1 Å². The van der Waals surface area contributed by atoms with Crippen molar-refractivity contribution in [2.75, 3.05) is 29.5 Å². The van der Waals surface area contributed by atoms with Crippen molar-refractivity contribution in [2.24, 2.45) is 0 Å². The molecule has 3 nitrogen and oxygen atoms in total. The van der Waals surface area contributed by atoms with Crippen LogP contribution in [0.4, 0.5) is 5.69 Å². The summed E-state index contributed by atoms with van der Waals surface area (Å²) >= 11 is 2.02. The van der Waals surface area contributed by atoms with Gasteiger partial charge in [0.15, 0.2) is 0 Å². The molecule has 1 aliphatic rings. The van der Waals surface area contributed by atoms with Crippen molar-refractivity contribution < 1.29 is 4.79 Å². The van der Waals surface area contributed by atoms with Crippen LogP contribution in [-0.4, -0.2) is 30.5 Å². The number of benzene rings is 2. The second-order valence-electron chi connectivity index (χ2n) is 6.53. The van der Waals surface area contributed by atoms with Gasteiger partial charge in [-0.25, -0.2) is 0 Å². The predicted molar refractivity (Wildman–Crippen MR) is 107 cm³/mol. The van der Waals surface area contributed by atoms with Crippen LogP contribution in [0.25, 0.3) is 0 Å². The molecule has 3 rings (SSSR count). The van der Waals surface area contributed by atoms with Crippen molar-refractivity contribution in [2.45, 2.75) is 26.3 Å². The molecule has 0 unspecified atom stereocenters. The van der Waals surface area contributed by atoms with Gasteiger partial charge in [0.2, 0.25) is 5.91 Å². The van der Waals surface area contributed by atoms with E-state index in [1.807, 2.05) is 17.8 Å². The van der Waals surface area contributed by atoms with E-state index in [4.69, 9.17) is 0 Å². The molecule has 1 N–H and O–H groups in total. The van der Waals surface area contributed by atoms with Gasteiger partial charge in [-0.2, -0.15) is 11.8 Å². The zero-order valence-corrected chi connectivity index (χ0v) is 15.6. The third-order valence-electron chi connectivity index (χ3n) is 4.53. The van der Waals surface area contributed by atoms with Crippen LogP contribution in [-0.2, 0) is 17.8 Å². The van der Waals surface area contributed by atoms with E-state index < -0.39 is 0 Å². The van der Waals surface area contributed by atoms with Crippen LogP contribution < -0.4 is 10.2 Å². The van der Waals surface area contributed by atoms with Crippen LogP contribution >= 0.6 is 11.8 Å². The Hall–Kier alpha value is -1.94. The number of hydrogen-bond acceptors (Lipinski definition) is 3. The first-order chi connectivity index (χ1) is 12.2. The molecule has 1 saturated heterocycles. The van der Waals surface area contributed by atoms with Crippen LogP contribution in [0, 0.1) is 6.92 Å². The fourth-order valence-corrected chi connectivity index (χ4v) is 3.96. The molecule has 25 heavy (non-hydrogen) atoms. The molecule has 0 radical (unpaired) electrons. The molecule has 4 heteroatoms. The van der Waals surface area contributed by atoms with E-state index in [1.165, 1.54) is 28.3 Å². The number of nitrogens with one attached hydrogen (secondary N) is 1. The van der Waals surface area contributed by atoms with E-state index in [0.29, 0.717) is 13.0 Å². The molecule has 0 aromatic heterocycles. The Balaban J connectivity index is 1.43. The maximum atomic E-state index is 12.1. The lowest BCUT2D eigenvalue weighted by Crippen LogP contribution is -2.32. The van der Waals surface area contributed by atoms with Crippen molar-refractivity contribution in [1.29, 1.82) is 0 Å². The lowest BCUT2D eigenvalue weighted by Gasteiger charge is -2.28. The molecule has 1 fully saturated rings. The van der Waals surface area contributed by atoms with Crippen LogP contribution in [0.2, 0.25) is 0 Å². The number of carbonyl (C=O) groups is 1. The molecule has 1 aliphatic heterocycles. The topological polar surface area (TPSA) is 32.3 Å². The Morgan fingerprint density at radius 2 is 1.84 bits per heavy atom. The number of amides is 1. The first-order valence-corrected chi connectivity index (χ1v) is 10.1. The number of nitrogens with zero attached hydrogens (tertiary/aromatic N) is 1. The van der Waals surface area contributed by atoms with Gasteiger partial charge in [0, 0.05) is 43.2 Å². The third-order valence-corrected chi connectivity index (χ3v) is 5.47. The maximum Gasteiger partial charge on any atom is 0.220 e. The molecular weight excluding hydrogens is 328 g/mol. The van der Waals surface area contributed by atoms with E-state index in [9.17, 15) is 4.79 Å². The van der Waals surface area contributed by atoms with Gasteiger partial charge in [0.25, 0.3) is 0 Å². The second kappa shape index (κ2) is 8.95. The summed E-state index contributed by atoms with van der Waals surface area (Å²) < 4.78 is 0. The zero-order valence-electron chi connectivity index (χ0n) is 14.8. The molecule has 132 valence electrons. The Bertz CT molecular complexity index is 693. The summed E-state index contributed by atoms with van der Waals surface area (Å²) in [6, 6.07) is 16.9. The van der Waals surface area contributed by atoms with Gasteiger partial charge >= 0.3 is 0 Å². The molecule has 1 amide bonds. The highest BCUT2D eigenvalue weighted by molar-refractivity contribution is 7.99. The van der Waals surface area contributed by atoms with E-state index in [1.54, 1.807) is 0 Å². The van der Waals surface area contributed by atoms with Gasteiger partial charge in [-0.05, 0) is 36.6 Å². The Morgan fingerprint density at radius 3 is 2.56 bits per heavy atom. The van der Waals surface area contributed by atoms with Crippen LogP contribution in [0.15, 0.2) is 48.5 Å². The van der Waals surface area contributed by atoms with Gasteiger partial charge in [-0.15, -0.1) is 0 Å². The largest absolute Gasteiger partial charge is 0.370 e. The fraction of sp³-hybridized carbons (Fsp3) is 0.381. The van der Waals surface area contributed by atoms with Gasteiger partial charge in [0.05, 0.1) is 0 Å². The molecule has 0 bridgehead atoms. The Kier molecular flexibility index (Phi) is 6.40. The van der Waals surface area contributed by atoms with Gasteiger partial charge in [-0.1, -0.05) is 42.0 Å². The minimum atomic E-state index is 0.110. The Labute approximate surface area is 154 Å². The molecule has 0 spiro atoms. The van der Waals surface area contributed by atoms with Gasteiger partial charge in [0.1, 0.15) is 0 Å². The van der Waals surface area contributed by atoms with E-state index >= 15 is 0 Å². The first-order valence-electron chi connectivity index (χ1n) is 8.94. The van der Waals surface area contributed by atoms with E-state index in [-0.39, 0.29) is 5.91 Å². The SMILES string of the molecule is Cc1cccc(CCC(=O)NCc2ccc(N3CCSCC3)cc2)c1. The minimum absolute atomic E-state index is 0.110. The molecule has 1 heterocycles. The average Bonchev–Trinajstić information content (AvgIpc) is 2.66. The van der Waals surface area contributed by atoms with Crippen molar-refractivity contribution in [1.82, 2.24) is 5.32 Å². The number of rotatable bonds is 6. The molecular formula is C21H26N2OS. The average molecular weight is 355 g/mol. The van der Waals surface area contributed by atoms with Crippen molar-refractivity contribution in [3.63, 3.8) is 0 Å². The summed E-state index contributed by atoms with van der Waals surface area (Å²) in [4.78, 5) is 14.5. The summed E-state index contributed by atoms with van der Waals surface area (Å²) in [6.45, 7) is 4.93. The quantitative estimate of drug-likeness (QED) is 0.856. The summed E-state index contributed by atoms with van der Waals surface area (Å²) in [5.74, 6) is 2.52. The fourth-order valence-electron chi connectivity index (χ4n) is 3.06. The number of aryl methyl sites for hydroxylation is 2. The molecule has 2 aromatic carbocycles. The number of thioether (sulfide) groups is 1. The predicted octanol–water partition coefficient (Wildman–Crippen LogP) is 3.80. The Morgan fingerprint density at radius 1 is 1.08 bits per heavy atom. The molecule has 0 saturated carbocycles. The third kappa shape index (κ3) is 5.53. The summed E-state index contributed by atoms with van der Waals surface area (Å²) in [6.07, 6.45) is 1.33. The number of hydrogen-bond donors (Lipinski definition) is 1. The smallest absolute Gasteiger partial charge is 0.220 e. The minimum Gasteiger partial charge on any atom is -0.370 e. The normalized spacial score (nSPS) is 14.4.